The smallest absolute Gasteiger partial charge is 0.349 e. The minimum Gasteiger partial charge on any atom is -0.448 e. The van der Waals surface area contributed by atoms with Crippen molar-refractivity contribution in [2.75, 3.05) is 5.32 Å². The Kier molecular flexibility index (Phi) is 6.90. The Labute approximate surface area is 159 Å². The summed E-state index contributed by atoms with van der Waals surface area (Å²) in [4.78, 5) is 24.4. The predicted molar refractivity (Wildman–Crippen MR) is 105 cm³/mol. The van der Waals surface area contributed by atoms with Crippen molar-refractivity contribution in [3.63, 3.8) is 0 Å². The summed E-state index contributed by atoms with van der Waals surface area (Å²) in [6.45, 7) is 5.46. The van der Waals surface area contributed by atoms with Crippen LogP contribution in [0.15, 0.2) is 54.1 Å². The highest BCUT2D eigenvalue weighted by Gasteiger charge is 2.20. The number of nitrogens with one attached hydrogen (secondary N) is 1. The van der Waals surface area contributed by atoms with E-state index in [1.54, 1.807) is 24.3 Å². The first kappa shape index (κ1) is 19.9. The van der Waals surface area contributed by atoms with Gasteiger partial charge in [-0.1, -0.05) is 48.9 Å². The molecule has 0 aliphatic rings. The molecule has 0 fully saturated rings. The van der Waals surface area contributed by atoms with Crippen LogP contribution in [-0.2, 0) is 20.7 Å². The predicted octanol–water partition coefficient (Wildman–Crippen LogP) is 4.03. The molecule has 0 bridgehead atoms. The van der Waals surface area contributed by atoms with Crippen molar-refractivity contribution in [1.82, 2.24) is 0 Å². The average molecular weight is 362 g/mol. The molecule has 1 N–H and O–H groups in total. The van der Waals surface area contributed by atoms with Crippen LogP contribution in [0.2, 0.25) is 0 Å². The highest BCUT2D eigenvalue weighted by atomic mass is 16.5. The fourth-order valence-electron chi connectivity index (χ4n) is 2.31. The van der Waals surface area contributed by atoms with Gasteiger partial charge in [-0.25, -0.2) is 4.79 Å². The van der Waals surface area contributed by atoms with Crippen molar-refractivity contribution in [1.29, 1.82) is 5.26 Å². The Bertz CT molecular complexity index is 875. The van der Waals surface area contributed by atoms with Crippen LogP contribution < -0.4 is 5.32 Å². The topological polar surface area (TPSA) is 79.2 Å². The van der Waals surface area contributed by atoms with E-state index in [1.165, 1.54) is 13.0 Å². The fraction of sp³-hybridized carbons (Fsp3) is 0.227. The molecule has 0 spiro atoms. The van der Waals surface area contributed by atoms with Gasteiger partial charge >= 0.3 is 5.97 Å². The van der Waals surface area contributed by atoms with E-state index in [1.807, 2.05) is 44.2 Å². The van der Waals surface area contributed by atoms with Crippen molar-refractivity contribution in [2.24, 2.45) is 0 Å². The third-order valence-electron chi connectivity index (χ3n) is 4.01. The second-order valence-corrected chi connectivity index (χ2v) is 6.17. The van der Waals surface area contributed by atoms with Crippen LogP contribution >= 0.6 is 0 Å². The number of benzene rings is 2. The summed E-state index contributed by atoms with van der Waals surface area (Å²) in [7, 11) is 0. The summed E-state index contributed by atoms with van der Waals surface area (Å²) in [6.07, 6.45) is 1.32. The van der Waals surface area contributed by atoms with Crippen LogP contribution in [0.5, 0.6) is 0 Å². The van der Waals surface area contributed by atoms with Crippen molar-refractivity contribution < 1.29 is 14.3 Å². The first-order valence-corrected chi connectivity index (χ1v) is 8.72. The van der Waals surface area contributed by atoms with E-state index in [4.69, 9.17) is 4.74 Å². The number of carbonyl (C=O) groups excluding carboxylic acids is 2. The summed E-state index contributed by atoms with van der Waals surface area (Å²) in [5, 5.41) is 11.9. The highest BCUT2D eigenvalue weighted by Crippen LogP contribution is 2.13. The number of rotatable bonds is 6. The van der Waals surface area contributed by atoms with Gasteiger partial charge in [-0.3, -0.25) is 4.79 Å². The van der Waals surface area contributed by atoms with Gasteiger partial charge < -0.3 is 10.1 Å². The zero-order valence-corrected chi connectivity index (χ0v) is 15.7. The van der Waals surface area contributed by atoms with Crippen molar-refractivity contribution in [2.45, 2.75) is 33.3 Å². The van der Waals surface area contributed by atoms with Gasteiger partial charge in [-0.15, -0.1) is 0 Å². The van der Waals surface area contributed by atoms with E-state index in [0.717, 1.165) is 17.5 Å². The standard InChI is InChI=1S/C22H22N2O3/c1-4-17-9-11-20(12-10-17)24-21(25)16(3)27-22(26)19(14-23)13-18-7-5-15(2)6-8-18/h5-13,16H,4H2,1-3H3,(H,24,25)/b19-13+/t16-/m0/s1. The Morgan fingerprint density at radius 2 is 1.78 bits per heavy atom. The van der Waals surface area contributed by atoms with Crippen LogP contribution in [0, 0.1) is 18.3 Å². The van der Waals surface area contributed by atoms with Crippen molar-refractivity contribution >= 4 is 23.6 Å². The van der Waals surface area contributed by atoms with Gasteiger partial charge in [0.2, 0.25) is 0 Å². The zero-order chi connectivity index (χ0) is 19.8. The third-order valence-corrected chi connectivity index (χ3v) is 4.01. The molecule has 1 amide bonds. The molecule has 5 heteroatoms. The van der Waals surface area contributed by atoms with Gasteiger partial charge in [-0.2, -0.15) is 5.26 Å². The van der Waals surface area contributed by atoms with E-state index < -0.39 is 18.0 Å². The molecule has 2 aromatic rings. The molecule has 138 valence electrons. The molecule has 0 aromatic heterocycles. The van der Waals surface area contributed by atoms with Crippen LogP contribution in [0.3, 0.4) is 0 Å². The van der Waals surface area contributed by atoms with E-state index >= 15 is 0 Å². The normalized spacial score (nSPS) is 12.0. The summed E-state index contributed by atoms with van der Waals surface area (Å²) in [5.74, 6) is -1.29. The van der Waals surface area contributed by atoms with Crippen LogP contribution in [-0.4, -0.2) is 18.0 Å². The molecule has 0 aliphatic carbocycles. The number of nitriles is 1. The second kappa shape index (κ2) is 9.35. The number of anilines is 1. The summed E-state index contributed by atoms with van der Waals surface area (Å²) >= 11 is 0. The zero-order valence-electron chi connectivity index (χ0n) is 15.7. The lowest BCUT2D eigenvalue weighted by Crippen LogP contribution is -2.30. The van der Waals surface area contributed by atoms with Crippen molar-refractivity contribution in [3.8, 4) is 6.07 Å². The van der Waals surface area contributed by atoms with Gasteiger partial charge in [0.15, 0.2) is 6.10 Å². The summed E-state index contributed by atoms with van der Waals surface area (Å²) in [5.41, 5.74) is 3.40. The molecule has 0 aliphatic heterocycles. The van der Waals surface area contributed by atoms with Gasteiger partial charge in [0.25, 0.3) is 5.91 Å². The lowest BCUT2D eigenvalue weighted by Gasteiger charge is -2.13. The van der Waals surface area contributed by atoms with Crippen LogP contribution in [0.25, 0.3) is 6.08 Å². The minimum absolute atomic E-state index is 0.161. The van der Waals surface area contributed by atoms with E-state index in [0.29, 0.717) is 11.3 Å². The maximum Gasteiger partial charge on any atom is 0.349 e. The number of esters is 1. The number of nitrogens with zero attached hydrogens (tertiary/aromatic N) is 1. The Balaban J connectivity index is 2.00. The Morgan fingerprint density at radius 3 is 2.33 bits per heavy atom. The number of carbonyl (C=O) groups is 2. The third kappa shape index (κ3) is 5.82. The Hall–Kier alpha value is -3.39. The molecule has 5 nitrogen and oxygen atoms in total. The molecule has 27 heavy (non-hydrogen) atoms. The van der Waals surface area contributed by atoms with Crippen LogP contribution in [0.1, 0.15) is 30.5 Å². The van der Waals surface area contributed by atoms with Gasteiger partial charge in [0.05, 0.1) is 0 Å². The summed E-state index contributed by atoms with van der Waals surface area (Å²) < 4.78 is 5.14. The number of aryl methyl sites for hydroxylation is 2. The first-order chi connectivity index (χ1) is 12.9. The van der Waals surface area contributed by atoms with Gasteiger partial charge in [-0.05, 0) is 49.6 Å². The first-order valence-electron chi connectivity index (χ1n) is 8.72. The Morgan fingerprint density at radius 1 is 1.15 bits per heavy atom. The van der Waals surface area contributed by atoms with E-state index in [-0.39, 0.29) is 5.57 Å². The summed E-state index contributed by atoms with van der Waals surface area (Å²) in [6, 6.07) is 16.6. The molecule has 0 unspecified atom stereocenters. The average Bonchev–Trinajstić information content (AvgIpc) is 2.67. The number of amides is 1. The van der Waals surface area contributed by atoms with E-state index in [9.17, 15) is 14.9 Å². The molecule has 0 saturated heterocycles. The lowest BCUT2D eigenvalue weighted by molar-refractivity contribution is -0.148. The monoisotopic (exact) mass is 362 g/mol. The minimum atomic E-state index is -1.03. The largest absolute Gasteiger partial charge is 0.448 e. The molecule has 0 saturated carbocycles. The molecule has 0 radical (unpaired) electrons. The number of hydrogen-bond acceptors (Lipinski definition) is 4. The SMILES string of the molecule is CCc1ccc(NC(=O)[C@H](C)OC(=O)/C(C#N)=C/c2ccc(C)cc2)cc1. The molecular weight excluding hydrogens is 340 g/mol. The fourth-order valence-corrected chi connectivity index (χ4v) is 2.31. The molecular formula is C22H22N2O3. The van der Waals surface area contributed by atoms with E-state index in [2.05, 4.69) is 5.32 Å². The maximum atomic E-state index is 12.2. The maximum absolute atomic E-state index is 12.2. The molecule has 2 rings (SSSR count). The van der Waals surface area contributed by atoms with Crippen molar-refractivity contribution in [3.05, 3.63) is 70.8 Å². The van der Waals surface area contributed by atoms with Crippen LogP contribution in [0.4, 0.5) is 5.69 Å². The van der Waals surface area contributed by atoms with Gasteiger partial charge in [0, 0.05) is 5.69 Å². The number of ether oxygens (including phenoxy) is 1. The van der Waals surface area contributed by atoms with Gasteiger partial charge in [0.1, 0.15) is 11.6 Å². The molecule has 2 aromatic carbocycles. The lowest BCUT2D eigenvalue weighted by atomic mass is 10.1. The number of hydrogen-bond donors (Lipinski definition) is 1. The quantitative estimate of drug-likeness (QED) is 0.478. The highest BCUT2D eigenvalue weighted by molar-refractivity contribution is 6.01. The molecule has 1 atom stereocenters. The molecule has 0 heterocycles. The second-order valence-electron chi connectivity index (χ2n) is 6.17.